The SMILES string of the molecule is CCCCCCNCCN1C=C(CC)NN1. The maximum Gasteiger partial charge on any atom is 0.0481 e. The lowest BCUT2D eigenvalue weighted by Gasteiger charge is -2.15. The molecule has 1 aliphatic heterocycles. The van der Waals surface area contributed by atoms with Gasteiger partial charge in [-0.2, -0.15) is 0 Å². The van der Waals surface area contributed by atoms with Crippen LogP contribution in [0.3, 0.4) is 0 Å². The summed E-state index contributed by atoms with van der Waals surface area (Å²) >= 11 is 0. The van der Waals surface area contributed by atoms with Crippen LogP contribution in [0.15, 0.2) is 11.9 Å². The molecule has 0 atom stereocenters. The number of nitrogens with zero attached hydrogens (tertiary/aromatic N) is 1. The summed E-state index contributed by atoms with van der Waals surface area (Å²) in [5.41, 5.74) is 7.51. The second-order valence-electron chi connectivity index (χ2n) is 4.25. The highest BCUT2D eigenvalue weighted by molar-refractivity contribution is 5.00. The topological polar surface area (TPSA) is 39.3 Å². The van der Waals surface area contributed by atoms with Crippen LogP contribution < -0.4 is 16.3 Å². The summed E-state index contributed by atoms with van der Waals surface area (Å²) in [6.07, 6.45) is 8.52. The fraction of sp³-hybridized carbons (Fsp3) is 0.833. The van der Waals surface area contributed by atoms with Crippen LogP contribution in [0.5, 0.6) is 0 Å². The molecular formula is C12H26N4. The molecule has 3 N–H and O–H groups in total. The van der Waals surface area contributed by atoms with E-state index < -0.39 is 0 Å². The van der Waals surface area contributed by atoms with E-state index in [9.17, 15) is 0 Å². The highest BCUT2D eigenvalue weighted by atomic mass is 15.7. The van der Waals surface area contributed by atoms with Crippen LogP contribution in [-0.4, -0.2) is 24.6 Å². The maximum atomic E-state index is 3.47. The van der Waals surface area contributed by atoms with Crippen LogP contribution in [0, 0.1) is 0 Å². The van der Waals surface area contributed by atoms with E-state index in [4.69, 9.17) is 0 Å². The van der Waals surface area contributed by atoms with Crippen molar-refractivity contribution in [3.05, 3.63) is 11.9 Å². The minimum absolute atomic E-state index is 1.00. The molecule has 4 heteroatoms. The first-order chi connectivity index (χ1) is 7.86. The van der Waals surface area contributed by atoms with Crippen molar-refractivity contribution >= 4 is 0 Å². The van der Waals surface area contributed by atoms with Gasteiger partial charge in [0, 0.05) is 25.0 Å². The Balaban J connectivity index is 1.90. The first-order valence-corrected chi connectivity index (χ1v) is 6.56. The number of nitrogens with one attached hydrogen (secondary N) is 3. The van der Waals surface area contributed by atoms with Crippen molar-refractivity contribution in [2.24, 2.45) is 0 Å². The van der Waals surface area contributed by atoms with Gasteiger partial charge in [-0.3, -0.25) is 5.01 Å². The first-order valence-electron chi connectivity index (χ1n) is 6.56. The molecule has 0 amide bonds. The second kappa shape index (κ2) is 8.42. The third kappa shape index (κ3) is 5.37. The first kappa shape index (κ1) is 13.3. The van der Waals surface area contributed by atoms with Gasteiger partial charge in [0.05, 0.1) is 0 Å². The Kier molecular flexibility index (Phi) is 7.01. The molecule has 0 saturated carbocycles. The Morgan fingerprint density at radius 3 is 2.75 bits per heavy atom. The molecule has 0 spiro atoms. The van der Waals surface area contributed by atoms with E-state index in [0.29, 0.717) is 0 Å². The molecule has 0 aromatic carbocycles. The predicted octanol–water partition coefficient (Wildman–Crippen LogP) is 1.73. The Bertz CT molecular complexity index is 203. The molecule has 0 bridgehead atoms. The molecule has 0 aliphatic carbocycles. The minimum atomic E-state index is 1.00. The van der Waals surface area contributed by atoms with E-state index in [1.54, 1.807) is 0 Å². The van der Waals surface area contributed by atoms with Gasteiger partial charge in [-0.25, -0.2) is 0 Å². The third-order valence-electron chi connectivity index (χ3n) is 2.79. The summed E-state index contributed by atoms with van der Waals surface area (Å²) in [5.74, 6) is 0. The molecule has 1 aliphatic rings. The lowest BCUT2D eigenvalue weighted by atomic mass is 10.2. The van der Waals surface area contributed by atoms with Crippen molar-refractivity contribution in [1.82, 2.24) is 21.3 Å². The van der Waals surface area contributed by atoms with Gasteiger partial charge in [-0.05, 0) is 19.4 Å². The zero-order valence-electron chi connectivity index (χ0n) is 10.7. The normalized spacial score (nSPS) is 15.1. The molecule has 16 heavy (non-hydrogen) atoms. The largest absolute Gasteiger partial charge is 0.315 e. The molecule has 4 nitrogen and oxygen atoms in total. The van der Waals surface area contributed by atoms with E-state index >= 15 is 0 Å². The van der Waals surface area contributed by atoms with Crippen molar-refractivity contribution < 1.29 is 0 Å². The number of hydrazine groups is 2. The van der Waals surface area contributed by atoms with Crippen LogP contribution in [0.25, 0.3) is 0 Å². The summed E-state index contributed by atoms with van der Waals surface area (Å²) < 4.78 is 0. The van der Waals surface area contributed by atoms with Crippen molar-refractivity contribution in [3.63, 3.8) is 0 Å². The predicted molar refractivity (Wildman–Crippen MR) is 68.4 cm³/mol. The van der Waals surface area contributed by atoms with E-state index in [2.05, 4.69) is 41.3 Å². The van der Waals surface area contributed by atoms with E-state index in [1.165, 1.54) is 31.4 Å². The van der Waals surface area contributed by atoms with Gasteiger partial charge in [-0.15, -0.1) is 5.53 Å². The minimum Gasteiger partial charge on any atom is -0.315 e. The van der Waals surface area contributed by atoms with Gasteiger partial charge in [-0.1, -0.05) is 33.1 Å². The molecule has 1 heterocycles. The molecule has 94 valence electrons. The highest BCUT2D eigenvalue weighted by Crippen LogP contribution is 2.01. The van der Waals surface area contributed by atoms with Crippen LogP contribution in [-0.2, 0) is 0 Å². The van der Waals surface area contributed by atoms with Crippen molar-refractivity contribution in [1.29, 1.82) is 0 Å². The summed E-state index contributed by atoms with van der Waals surface area (Å²) in [7, 11) is 0. The molecule has 0 fully saturated rings. The quantitative estimate of drug-likeness (QED) is 0.524. The van der Waals surface area contributed by atoms with Crippen LogP contribution >= 0.6 is 0 Å². The third-order valence-corrected chi connectivity index (χ3v) is 2.79. The molecule has 0 aromatic rings. The van der Waals surface area contributed by atoms with Crippen molar-refractivity contribution in [2.45, 2.75) is 46.0 Å². The molecule has 0 aromatic heterocycles. The Morgan fingerprint density at radius 1 is 1.19 bits per heavy atom. The fourth-order valence-corrected chi connectivity index (χ4v) is 1.70. The Labute approximate surface area is 99.4 Å². The van der Waals surface area contributed by atoms with Gasteiger partial charge in [0.25, 0.3) is 0 Å². The summed E-state index contributed by atoms with van der Waals surface area (Å²) in [6.45, 7) is 7.58. The zero-order valence-corrected chi connectivity index (χ0v) is 10.7. The number of allylic oxidation sites excluding steroid dienone is 1. The molecule has 0 saturated heterocycles. The lowest BCUT2D eigenvalue weighted by molar-refractivity contribution is 0.270. The average Bonchev–Trinajstić information content (AvgIpc) is 2.76. The fourth-order valence-electron chi connectivity index (χ4n) is 1.70. The Morgan fingerprint density at radius 2 is 2.06 bits per heavy atom. The summed E-state index contributed by atoms with van der Waals surface area (Å²) in [5, 5.41) is 5.56. The summed E-state index contributed by atoms with van der Waals surface area (Å²) in [4.78, 5) is 0. The monoisotopic (exact) mass is 226 g/mol. The standard InChI is InChI=1S/C12H26N4/c1-3-5-6-7-8-13-9-10-16-11-12(4-2)14-15-16/h11,13-15H,3-10H2,1-2H3. The zero-order chi connectivity index (χ0) is 11.6. The molecule has 0 unspecified atom stereocenters. The second-order valence-corrected chi connectivity index (χ2v) is 4.25. The molecule has 0 radical (unpaired) electrons. The van der Waals surface area contributed by atoms with Crippen molar-refractivity contribution in [2.75, 3.05) is 19.6 Å². The van der Waals surface area contributed by atoms with Gasteiger partial charge in [0.1, 0.15) is 0 Å². The van der Waals surface area contributed by atoms with Gasteiger partial charge < -0.3 is 10.7 Å². The highest BCUT2D eigenvalue weighted by Gasteiger charge is 2.07. The number of hydrogen-bond acceptors (Lipinski definition) is 4. The van der Waals surface area contributed by atoms with Crippen LogP contribution in [0.4, 0.5) is 0 Å². The van der Waals surface area contributed by atoms with E-state index in [0.717, 1.165) is 26.1 Å². The van der Waals surface area contributed by atoms with Crippen LogP contribution in [0.1, 0.15) is 46.0 Å². The van der Waals surface area contributed by atoms with Gasteiger partial charge in [0.15, 0.2) is 0 Å². The Hall–Kier alpha value is -0.740. The van der Waals surface area contributed by atoms with E-state index in [-0.39, 0.29) is 0 Å². The number of unbranched alkanes of at least 4 members (excludes halogenated alkanes) is 3. The van der Waals surface area contributed by atoms with Gasteiger partial charge in [0.2, 0.25) is 0 Å². The molecular weight excluding hydrogens is 200 g/mol. The molecule has 1 rings (SSSR count). The van der Waals surface area contributed by atoms with Gasteiger partial charge >= 0.3 is 0 Å². The van der Waals surface area contributed by atoms with Crippen molar-refractivity contribution in [3.8, 4) is 0 Å². The number of hydrogen-bond donors (Lipinski definition) is 3. The summed E-state index contributed by atoms with van der Waals surface area (Å²) in [6, 6.07) is 0. The number of rotatable bonds is 9. The van der Waals surface area contributed by atoms with Crippen LogP contribution in [0.2, 0.25) is 0 Å². The average molecular weight is 226 g/mol. The van der Waals surface area contributed by atoms with E-state index in [1.807, 2.05) is 0 Å². The lowest BCUT2D eigenvalue weighted by Crippen LogP contribution is -2.40. The smallest absolute Gasteiger partial charge is 0.0481 e. The maximum absolute atomic E-state index is 3.47.